The number of thiazole rings is 1. The summed E-state index contributed by atoms with van der Waals surface area (Å²) in [4.78, 5) is 4.27. The summed E-state index contributed by atoms with van der Waals surface area (Å²) < 4.78 is 0. The van der Waals surface area contributed by atoms with Gasteiger partial charge in [-0.3, -0.25) is 0 Å². The molecule has 0 amide bonds. The Morgan fingerprint density at radius 3 is 2.44 bits per heavy atom. The Kier molecular flexibility index (Phi) is 3.25. The van der Waals surface area contributed by atoms with Crippen LogP contribution in [0.5, 0.6) is 0 Å². The van der Waals surface area contributed by atoms with Crippen molar-refractivity contribution in [2.24, 2.45) is 5.92 Å². The van der Waals surface area contributed by atoms with E-state index in [0.29, 0.717) is 5.92 Å². The third kappa shape index (κ3) is 2.42. The van der Waals surface area contributed by atoms with Gasteiger partial charge in [0.05, 0.1) is 5.51 Å². The lowest BCUT2D eigenvalue weighted by Gasteiger charge is -2.05. The zero-order chi connectivity index (χ0) is 11.5. The lowest BCUT2D eigenvalue weighted by atomic mass is 10.0. The predicted octanol–water partition coefficient (Wildman–Crippen LogP) is 3.59. The van der Waals surface area contributed by atoms with Crippen LogP contribution >= 0.6 is 11.3 Å². The Bertz CT molecular complexity index is 457. The minimum atomic E-state index is 0.690. The van der Waals surface area contributed by atoms with Gasteiger partial charge in [0.2, 0.25) is 0 Å². The maximum atomic E-state index is 5.85. The molecule has 0 aliphatic rings. The second-order valence-electron chi connectivity index (χ2n) is 4.36. The molecule has 0 spiro atoms. The summed E-state index contributed by atoms with van der Waals surface area (Å²) in [6, 6.07) is 8.52. The Balaban J connectivity index is 2.23. The minimum Gasteiger partial charge on any atom is -0.389 e. The van der Waals surface area contributed by atoms with E-state index in [1.165, 1.54) is 16.9 Å². The van der Waals surface area contributed by atoms with Gasteiger partial charge < -0.3 is 5.73 Å². The second kappa shape index (κ2) is 4.66. The van der Waals surface area contributed by atoms with E-state index in [2.05, 4.69) is 43.1 Å². The van der Waals surface area contributed by atoms with Gasteiger partial charge in [-0.1, -0.05) is 38.1 Å². The first-order chi connectivity index (χ1) is 7.66. The van der Waals surface area contributed by atoms with Gasteiger partial charge in [-0.2, -0.15) is 0 Å². The Morgan fingerprint density at radius 1 is 1.25 bits per heavy atom. The lowest BCUT2D eigenvalue weighted by Crippen LogP contribution is -1.93. The maximum absolute atomic E-state index is 5.85. The van der Waals surface area contributed by atoms with E-state index in [4.69, 9.17) is 5.73 Å². The van der Waals surface area contributed by atoms with E-state index in [1.807, 2.05) is 0 Å². The molecule has 0 atom stereocenters. The van der Waals surface area contributed by atoms with Crippen molar-refractivity contribution in [3.8, 4) is 11.3 Å². The van der Waals surface area contributed by atoms with Gasteiger partial charge in [0, 0.05) is 5.56 Å². The van der Waals surface area contributed by atoms with Crippen LogP contribution in [-0.2, 0) is 6.42 Å². The summed E-state index contributed by atoms with van der Waals surface area (Å²) in [5.41, 5.74) is 11.0. The number of nitrogens with two attached hydrogens (primary N) is 1. The average Bonchev–Trinajstić information content (AvgIpc) is 2.65. The quantitative estimate of drug-likeness (QED) is 0.878. The molecule has 0 fully saturated rings. The first kappa shape index (κ1) is 11.1. The predicted molar refractivity (Wildman–Crippen MR) is 70.5 cm³/mol. The molecule has 16 heavy (non-hydrogen) atoms. The highest BCUT2D eigenvalue weighted by atomic mass is 32.1. The molecule has 0 saturated carbocycles. The molecule has 2 N–H and O–H groups in total. The summed E-state index contributed by atoms with van der Waals surface area (Å²) in [6.07, 6.45) is 1.12. The molecule has 0 bridgehead atoms. The van der Waals surface area contributed by atoms with E-state index in [1.54, 1.807) is 5.51 Å². The number of hydrogen-bond donors (Lipinski definition) is 1. The van der Waals surface area contributed by atoms with Gasteiger partial charge in [-0.25, -0.2) is 4.98 Å². The van der Waals surface area contributed by atoms with E-state index < -0.39 is 0 Å². The smallest absolute Gasteiger partial charge is 0.114 e. The van der Waals surface area contributed by atoms with E-state index in [0.717, 1.165) is 22.7 Å². The van der Waals surface area contributed by atoms with Crippen molar-refractivity contribution in [3.63, 3.8) is 0 Å². The second-order valence-corrected chi connectivity index (χ2v) is 5.25. The van der Waals surface area contributed by atoms with Gasteiger partial charge >= 0.3 is 0 Å². The molecular formula is C13H16N2S. The number of hydrogen-bond acceptors (Lipinski definition) is 3. The zero-order valence-corrected chi connectivity index (χ0v) is 10.4. The van der Waals surface area contributed by atoms with Crippen LogP contribution in [0, 0.1) is 5.92 Å². The van der Waals surface area contributed by atoms with Crippen LogP contribution < -0.4 is 5.73 Å². The number of rotatable bonds is 3. The first-order valence-corrected chi connectivity index (χ1v) is 6.33. The van der Waals surface area contributed by atoms with Crippen molar-refractivity contribution in [2.45, 2.75) is 20.3 Å². The largest absolute Gasteiger partial charge is 0.389 e. The molecule has 2 nitrogen and oxygen atoms in total. The van der Waals surface area contributed by atoms with Crippen molar-refractivity contribution in [1.82, 2.24) is 4.98 Å². The number of benzene rings is 1. The monoisotopic (exact) mass is 232 g/mol. The van der Waals surface area contributed by atoms with Gasteiger partial charge in [0.25, 0.3) is 0 Å². The molecule has 0 aliphatic heterocycles. The van der Waals surface area contributed by atoms with Crippen molar-refractivity contribution >= 4 is 16.3 Å². The molecular weight excluding hydrogens is 216 g/mol. The summed E-state index contributed by atoms with van der Waals surface area (Å²) in [5.74, 6) is 0.690. The van der Waals surface area contributed by atoms with Crippen molar-refractivity contribution in [2.75, 3.05) is 5.73 Å². The highest BCUT2D eigenvalue weighted by Crippen LogP contribution is 2.27. The molecule has 2 aromatic rings. The van der Waals surface area contributed by atoms with Crippen LogP contribution in [0.3, 0.4) is 0 Å². The van der Waals surface area contributed by atoms with Crippen LogP contribution in [0.25, 0.3) is 11.3 Å². The minimum absolute atomic E-state index is 0.690. The van der Waals surface area contributed by atoms with Crippen LogP contribution in [0.2, 0.25) is 0 Å². The van der Waals surface area contributed by atoms with Gasteiger partial charge in [-0.05, 0) is 17.9 Å². The topological polar surface area (TPSA) is 38.9 Å². The number of anilines is 1. The standard InChI is InChI=1S/C13H16N2S/c1-9(2)7-10-3-5-11(6-4-10)12-13(14)16-8-15-12/h3-6,8-9H,7,14H2,1-2H3. The molecule has 0 unspecified atom stereocenters. The van der Waals surface area contributed by atoms with E-state index in [-0.39, 0.29) is 0 Å². The molecule has 0 saturated heterocycles. The van der Waals surface area contributed by atoms with Crippen LogP contribution in [0.4, 0.5) is 5.00 Å². The first-order valence-electron chi connectivity index (χ1n) is 5.45. The number of nitrogens with zero attached hydrogens (tertiary/aromatic N) is 1. The third-order valence-corrected chi connectivity index (χ3v) is 3.12. The molecule has 3 heteroatoms. The van der Waals surface area contributed by atoms with E-state index >= 15 is 0 Å². The number of nitrogen functional groups attached to an aromatic ring is 1. The summed E-state index contributed by atoms with van der Waals surface area (Å²) in [6.45, 7) is 4.46. The van der Waals surface area contributed by atoms with Gasteiger partial charge in [0.1, 0.15) is 10.7 Å². The molecule has 1 aromatic heterocycles. The Hall–Kier alpha value is -1.35. The normalized spacial score (nSPS) is 10.9. The lowest BCUT2D eigenvalue weighted by molar-refractivity contribution is 0.647. The maximum Gasteiger partial charge on any atom is 0.114 e. The van der Waals surface area contributed by atoms with Gasteiger partial charge in [-0.15, -0.1) is 11.3 Å². The van der Waals surface area contributed by atoms with Crippen LogP contribution in [-0.4, -0.2) is 4.98 Å². The fourth-order valence-corrected chi connectivity index (χ4v) is 2.30. The fourth-order valence-electron chi connectivity index (χ4n) is 1.74. The molecule has 84 valence electrons. The average molecular weight is 232 g/mol. The molecule has 0 aliphatic carbocycles. The SMILES string of the molecule is CC(C)Cc1ccc(-c2ncsc2N)cc1. The molecule has 1 heterocycles. The van der Waals surface area contributed by atoms with Crippen molar-refractivity contribution in [3.05, 3.63) is 35.3 Å². The molecule has 0 radical (unpaired) electrons. The zero-order valence-electron chi connectivity index (χ0n) is 9.60. The molecule has 1 aromatic carbocycles. The van der Waals surface area contributed by atoms with Crippen LogP contribution in [0.1, 0.15) is 19.4 Å². The number of aromatic nitrogens is 1. The Morgan fingerprint density at radius 2 is 1.94 bits per heavy atom. The summed E-state index contributed by atoms with van der Waals surface area (Å²) in [7, 11) is 0. The van der Waals surface area contributed by atoms with Crippen molar-refractivity contribution in [1.29, 1.82) is 0 Å². The van der Waals surface area contributed by atoms with Gasteiger partial charge in [0.15, 0.2) is 0 Å². The highest BCUT2D eigenvalue weighted by Gasteiger charge is 2.05. The highest BCUT2D eigenvalue weighted by molar-refractivity contribution is 7.14. The van der Waals surface area contributed by atoms with E-state index in [9.17, 15) is 0 Å². The van der Waals surface area contributed by atoms with Crippen LogP contribution in [0.15, 0.2) is 29.8 Å². The summed E-state index contributed by atoms with van der Waals surface area (Å²) >= 11 is 1.48. The Labute approximate surface area is 100 Å². The van der Waals surface area contributed by atoms with Crippen molar-refractivity contribution < 1.29 is 0 Å². The fraction of sp³-hybridized carbons (Fsp3) is 0.308. The third-order valence-electron chi connectivity index (χ3n) is 2.47. The summed E-state index contributed by atoms with van der Waals surface area (Å²) in [5, 5.41) is 0.789. The molecule has 2 rings (SSSR count).